The Kier molecular flexibility index (Phi) is 7.39. The second-order valence-corrected chi connectivity index (χ2v) is 7.98. The van der Waals surface area contributed by atoms with Crippen molar-refractivity contribution in [2.45, 2.75) is 44.5 Å². The second kappa shape index (κ2) is 9.54. The number of carboxylic acids is 1. The molecule has 3 atom stereocenters. The molecule has 7 nitrogen and oxygen atoms in total. The Balaban J connectivity index is 2.14. The molecule has 1 aromatic carbocycles. The van der Waals surface area contributed by atoms with Crippen LogP contribution >= 0.6 is 11.8 Å². The minimum atomic E-state index is -1.61. The molecule has 0 spiro atoms. The van der Waals surface area contributed by atoms with E-state index in [0.29, 0.717) is 0 Å². The quantitative estimate of drug-likeness (QED) is 0.641. The minimum Gasteiger partial charge on any atom is -0.475 e. The fourth-order valence-corrected chi connectivity index (χ4v) is 3.78. The predicted octanol–water partition coefficient (Wildman–Crippen LogP) is 1.83. The highest BCUT2D eigenvalue weighted by atomic mass is 32.2. The summed E-state index contributed by atoms with van der Waals surface area (Å²) in [6, 6.07) is 6.75. The van der Waals surface area contributed by atoms with E-state index in [2.05, 4.69) is 5.32 Å². The van der Waals surface area contributed by atoms with Gasteiger partial charge in [-0.1, -0.05) is 44.2 Å². The standard InChI is InChI=1S/C20H24N2O5S/c1-12(2)17-19(25)22(9-10-28-17)13(3)18(24)21-15(16(23)20(26)27)11-14-7-5-4-6-8-14/h4-10,12-13,15,17H,11H2,1-3H3,(H,21,24)(H,26,27)/t13-,15-,17-/m0/s1. The van der Waals surface area contributed by atoms with Gasteiger partial charge in [0, 0.05) is 12.6 Å². The molecule has 1 heterocycles. The maximum absolute atomic E-state index is 12.7. The van der Waals surface area contributed by atoms with Crippen LogP contribution in [0.5, 0.6) is 0 Å². The van der Waals surface area contributed by atoms with Crippen molar-refractivity contribution in [3.05, 3.63) is 47.5 Å². The Morgan fingerprint density at radius 1 is 1.18 bits per heavy atom. The molecule has 0 saturated carbocycles. The van der Waals surface area contributed by atoms with Crippen LogP contribution in [0, 0.1) is 5.92 Å². The molecule has 2 N–H and O–H groups in total. The molecule has 0 saturated heterocycles. The Morgan fingerprint density at radius 2 is 1.82 bits per heavy atom. The highest BCUT2D eigenvalue weighted by Gasteiger charge is 2.35. The SMILES string of the molecule is CC(C)[C@@H]1SC=CN([C@@H](C)C(=O)N[C@@H](Cc2ccccc2)C(=O)C(=O)O)C1=O. The van der Waals surface area contributed by atoms with Crippen LogP contribution in [0.15, 0.2) is 41.9 Å². The molecule has 1 aliphatic rings. The lowest BCUT2D eigenvalue weighted by molar-refractivity contribution is -0.150. The smallest absolute Gasteiger partial charge is 0.374 e. The number of nitrogens with one attached hydrogen (secondary N) is 1. The third-order valence-electron chi connectivity index (χ3n) is 4.47. The molecule has 2 amide bonds. The number of hydrogen-bond donors (Lipinski definition) is 2. The Hall–Kier alpha value is -2.61. The van der Waals surface area contributed by atoms with Crippen molar-refractivity contribution >= 4 is 35.3 Å². The van der Waals surface area contributed by atoms with Crippen LogP contribution in [-0.2, 0) is 25.6 Å². The summed E-state index contributed by atoms with van der Waals surface area (Å²) in [5, 5.41) is 13.1. The van der Waals surface area contributed by atoms with Crippen LogP contribution in [0.2, 0.25) is 0 Å². The first-order valence-corrected chi connectivity index (χ1v) is 9.92. The van der Waals surface area contributed by atoms with E-state index in [-0.39, 0.29) is 23.5 Å². The van der Waals surface area contributed by atoms with Gasteiger partial charge in [-0.05, 0) is 23.8 Å². The van der Waals surface area contributed by atoms with Gasteiger partial charge in [-0.25, -0.2) is 4.79 Å². The summed E-state index contributed by atoms with van der Waals surface area (Å²) < 4.78 is 0. The average Bonchev–Trinajstić information content (AvgIpc) is 2.66. The molecular formula is C20H24N2O5S. The van der Waals surface area contributed by atoms with E-state index in [1.807, 2.05) is 13.8 Å². The fraction of sp³-hybridized carbons (Fsp3) is 0.400. The largest absolute Gasteiger partial charge is 0.475 e. The topological polar surface area (TPSA) is 104 Å². The zero-order valence-corrected chi connectivity index (χ0v) is 16.8. The molecule has 1 aliphatic heterocycles. The maximum Gasteiger partial charge on any atom is 0.374 e. The molecule has 8 heteroatoms. The van der Waals surface area contributed by atoms with Crippen LogP contribution < -0.4 is 5.32 Å². The number of Topliss-reactive ketones (excluding diaryl/α,β-unsaturated/α-hetero) is 1. The Bertz CT molecular complexity index is 778. The van der Waals surface area contributed by atoms with E-state index in [0.717, 1.165) is 5.56 Å². The number of aliphatic carboxylic acids is 1. The molecule has 28 heavy (non-hydrogen) atoms. The molecule has 0 radical (unpaired) electrons. The molecule has 1 aromatic rings. The Morgan fingerprint density at radius 3 is 2.39 bits per heavy atom. The summed E-state index contributed by atoms with van der Waals surface area (Å²) >= 11 is 1.40. The van der Waals surface area contributed by atoms with Gasteiger partial charge in [0.25, 0.3) is 5.78 Å². The lowest BCUT2D eigenvalue weighted by Gasteiger charge is -2.33. The zero-order valence-electron chi connectivity index (χ0n) is 16.0. The lowest BCUT2D eigenvalue weighted by Crippen LogP contribution is -2.54. The monoisotopic (exact) mass is 404 g/mol. The highest BCUT2D eigenvalue weighted by Crippen LogP contribution is 2.28. The molecule has 0 bridgehead atoms. The molecule has 150 valence electrons. The first-order chi connectivity index (χ1) is 13.2. The Labute approximate surface area is 168 Å². The predicted molar refractivity (Wildman–Crippen MR) is 106 cm³/mol. The first kappa shape index (κ1) is 21.7. The van der Waals surface area contributed by atoms with Gasteiger partial charge in [0.1, 0.15) is 12.1 Å². The summed E-state index contributed by atoms with van der Waals surface area (Å²) in [5.41, 5.74) is 0.722. The van der Waals surface area contributed by atoms with Gasteiger partial charge in [-0.15, -0.1) is 11.8 Å². The van der Waals surface area contributed by atoms with Crippen molar-refractivity contribution < 1.29 is 24.3 Å². The number of hydrogen-bond acceptors (Lipinski definition) is 5. The number of carboxylic acid groups (broad SMARTS) is 1. The van der Waals surface area contributed by atoms with E-state index < -0.39 is 29.7 Å². The fourth-order valence-electron chi connectivity index (χ4n) is 2.85. The molecule has 2 rings (SSSR count). The van der Waals surface area contributed by atoms with Crippen molar-refractivity contribution in [3.8, 4) is 0 Å². The van der Waals surface area contributed by atoms with E-state index in [1.165, 1.54) is 16.7 Å². The molecule has 0 unspecified atom stereocenters. The molecule has 0 aliphatic carbocycles. The summed E-state index contributed by atoms with van der Waals surface area (Å²) in [7, 11) is 0. The van der Waals surface area contributed by atoms with Crippen LogP contribution in [0.3, 0.4) is 0 Å². The summed E-state index contributed by atoms with van der Waals surface area (Å²) in [6.45, 7) is 5.41. The molecular weight excluding hydrogens is 380 g/mol. The maximum atomic E-state index is 12.7. The first-order valence-electron chi connectivity index (χ1n) is 8.98. The van der Waals surface area contributed by atoms with Gasteiger partial charge < -0.3 is 15.3 Å². The van der Waals surface area contributed by atoms with Crippen molar-refractivity contribution in [2.24, 2.45) is 5.92 Å². The van der Waals surface area contributed by atoms with Gasteiger partial charge in [0.05, 0.1) is 5.25 Å². The van der Waals surface area contributed by atoms with E-state index in [9.17, 15) is 19.2 Å². The normalized spacial score (nSPS) is 18.6. The van der Waals surface area contributed by atoms with Gasteiger partial charge in [-0.2, -0.15) is 0 Å². The van der Waals surface area contributed by atoms with E-state index >= 15 is 0 Å². The highest BCUT2D eigenvalue weighted by molar-refractivity contribution is 8.03. The molecule has 0 aromatic heterocycles. The van der Waals surface area contributed by atoms with E-state index in [4.69, 9.17) is 5.11 Å². The van der Waals surface area contributed by atoms with Crippen LogP contribution in [0.25, 0.3) is 0 Å². The van der Waals surface area contributed by atoms with Gasteiger partial charge in [0.15, 0.2) is 0 Å². The van der Waals surface area contributed by atoms with Crippen molar-refractivity contribution in [2.75, 3.05) is 0 Å². The lowest BCUT2D eigenvalue weighted by atomic mass is 10.0. The number of ketones is 1. The van der Waals surface area contributed by atoms with Gasteiger partial charge in [0.2, 0.25) is 11.8 Å². The summed E-state index contributed by atoms with van der Waals surface area (Å²) in [4.78, 5) is 49.9. The van der Waals surface area contributed by atoms with Gasteiger partial charge >= 0.3 is 5.97 Å². The average molecular weight is 404 g/mol. The molecule has 0 fully saturated rings. The third kappa shape index (κ3) is 5.22. The second-order valence-electron chi connectivity index (χ2n) is 6.93. The number of nitrogens with zero attached hydrogens (tertiary/aromatic N) is 1. The van der Waals surface area contributed by atoms with Crippen molar-refractivity contribution in [3.63, 3.8) is 0 Å². The number of carbonyl (C=O) groups is 4. The van der Waals surface area contributed by atoms with Crippen LogP contribution in [0.4, 0.5) is 0 Å². The minimum absolute atomic E-state index is 0.0543. The van der Waals surface area contributed by atoms with Crippen LogP contribution in [0.1, 0.15) is 26.3 Å². The zero-order chi connectivity index (χ0) is 20.8. The van der Waals surface area contributed by atoms with Crippen molar-refractivity contribution in [1.82, 2.24) is 10.2 Å². The van der Waals surface area contributed by atoms with Crippen LogP contribution in [-0.4, -0.2) is 50.9 Å². The number of amides is 2. The third-order valence-corrected chi connectivity index (χ3v) is 5.79. The van der Waals surface area contributed by atoms with E-state index in [1.54, 1.807) is 48.9 Å². The summed E-state index contributed by atoms with van der Waals surface area (Å²) in [5.74, 6) is -3.38. The number of rotatable bonds is 8. The number of carbonyl (C=O) groups excluding carboxylic acids is 3. The number of thioether (sulfide) groups is 1. The van der Waals surface area contributed by atoms with Gasteiger partial charge in [-0.3, -0.25) is 14.4 Å². The van der Waals surface area contributed by atoms with Crippen molar-refractivity contribution in [1.29, 1.82) is 0 Å². The summed E-state index contributed by atoms with van der Waals surface area (Å²) in [6.07, 6.45) is 1.60. The number of benzene rings is 1.